The zero-order chi connectivity index (χ0) is 19.6. The maximum absolute atomic E-state index is 12.1. The average molecular weight is 371 g/mol. The second-order valence-corrected chi connectivity index (χ2v) is 6.33. The van der Waals surface area contributed by atoms with E-state index < -0.39 is 12.6 Å². The molecule has 0 bridgehead atoms. The molecule has 0 aliphatic carbocycles. The minimum absolute atomic E-state index is 0.0622. The third kappa shape index (κ3) is 7.40. The summed E-state index contributed by atoms with van der Waals surface area (Å²) >= 11 is 0. The van der Waals surface area contributed by atoms with Gasteiger partial charge in [-0.25, -0.2) is 4.79 Å². The number of nitrogens with one attached hydrogen (secondary N) is 1. The van der Waals surface area contributed by atoms with Crippen molar-refractivity contribution in [3.63, 3.8) is 0 Å². The van der Waals surface area contributed by atoms with Gasteiger partial charge in [-0.1, -0.05) is 12.1 Å². The summed E-state index contributed by atoms with van der Waals surface area (Å²) in [5.41, 5.74) is 2.66. The zero-order valence-electron chi connectivity index (χ0n) is 15.7. The minimum Gasteiger partial charge on any atom is -0.494 e. The van der Waals surface area contributed by atoms with Crippen molar-refractivity contribution in [2.75, 3.05) is 18.5 Å². The van der Waals surface area contributed by atoms with Gasteiger partial charge in [0.05, 0.1) is 6.61 Å². The highest BCUT2D eigenvalue weighted by Gasteiger charge is 2.07. The smallest absolute Gasteiger partial charge is 0.341 e. The van der Waals surface area contributed by atoms with Crippen LogP contribution in [0.4, 0.5) is 5.69 Å². The van der Waals surface area contributed by atoms with Crippen molar-refractivity contribution >= 4 is 17.6 Å². The van der Waals surface area contributed by atoms with Crippen LogP contribution in [0.2, 0.25) is 0 Å². The van der Waals surface area contributed by atoms with Crippen molar-refractivity contribution in [3.8, 4) is 11.5 Å². The van der Waals surface area contributed by atoms with Crippen LogP contribution in [0, 0.1) is 13.8 Å². The molecular formula is C21H25NO5. The third-order valence-electron chi connectivity index (χ3n) is 3.89. The molecule has 0 aliphatic heterocycles. The van der Waals surface area contributed by atoms with Gasteiger partial charge in [-0.3, -0.25) is 4.79 Å². The van der Waals surface area contributed by atoms with E-state index >= 15 is 0 Å². The predicted molar refractivity (Wildman–Crippen MR) is 103 cm³/mol. The number of hydrogen-bond donors (Lipinski definition) is 2. The van der Waals surface area contributed by atoms with Crippen molar-refractivity contribution in [2.45, 2.75) is 33.1 Å². The molecule has 144 valence electrons. The number of aryl methyl sites for hydroxylation is 2. The van der Waals surface area contributed by atoms with Gasteiger partial charge in [-0.05, 0) is 68.1 Å². The molecule has 0 atom stereocenters. The summed E-state index contributed by atoms with van der Waals surface area (Å²) in [6, 6.07) is 12.9. The van der Waals surface area contributed by atoms with E-state index in [4.69, 9.17) is 14.6 Å². The molecule has 0 aliphatic rings. The molecule has 0 saturated carbocycles. The lowest BCUT2D eigenvalue weighted by atomic mass is 10.1. The molecule has 0 spiro atoms. The van der Waals surface area contributed by atoms with Crippen molar-refractivity contribution in [1.82, 2.24) is 0 Å². The summed E-state index contributed by atoms with van der Waals surface area (Å²) < 4.78 is 10.8. The summed E-state index contributed by atoms with van der Waals surface area (Å²) in [5, 5.41) is 11.5. The molecule has 2 aromatic rings. The lowest BCUT2D eigenvalue weighted by molar-refractivity contribution is -0.139. The van der Waals surface area contributed by atoms with Crippen molar-refractivity contribution < 1.29 is 24.2 Å². The van der Waals surface area contributed by atoms with Gasteiger partial charge in [0.1, 0.15) is 11.5 Å². The molecule has 1 amide bonds. The Kier molecular flexibility index (Phi) is 7.67. The quantitative estimate of drug-likeness (QED) is 0.618. The lowest BCUT2D eigenvalue weighted by Gasteiger charge is -2.11. The summed E-state index contributed by atoms with van der Waals surface area (Å²) in [7, 11) is 0. The van der Waals surface area contributed by atoms with Crippen LogP contribution in [-0.2, 0) is 9.59 Å². The van der Waals surface area contributed by atoms with Gasteiger partial charge in [0.15, 0.2) is 6.61 Å². The summed E-state index contributed by atoms with van der Waals surface area (Å²) in [6.07, 6.45) is 1.94. The number of carbonyl (C=O) groups is 2. The van der Waals surface area contributed by atoms with Crippen LogP contribution in [0.5, 0.6) is 11.5 Å². The van der Waals surface area contributed by atoms with Gasteiger partial charge < -0.3 is 19.9 Å². The van der Waals surface area contributed by atoms with E-state index in [2.05, 4.69) is 5.32 Å². The van der Waals surface area contributed by atoms with Crippen molar-refractivity contribution in [2.24, 2.45) is 0 Å². The number of carboxylic acid groups (broad SMARTS) is 1. The summed E-state index contributed by atoms with van der Waals surface area (Å²) in [6.45, 7) is 4.03. The Morgan fingerprint density at radius 3 is 2.48 bits per heavy atom. The number of ether oxygens (including phenoxy) is 2. The van der Waals surface area contributed by atoms with E-state index in [9.17, 15) is 9.59 Å². The average Bonchev–Trinajstić information content (AvgIpc) is 2.62. The van der Waals surface area contributed by atoms with E-state index in [1.54, 1.807) is 18.2 Å². The molecule has 0 unspecified atom stereocenters. The molecule has 0 heterocycles. The molecule has 0 fully saturated rings. The highest BCUT2D eigenvalue weighted by molar-refractivity contribution is 5.91. The lowest BCUT2D eigenvalue weighted by Crippen LogP contribution is -2.13. The van der Waals surface area contributed by atoms with Crippen LogP contribution >= 0.6 is 0 Å². The molecule has 27 heavy (non-hydrogen) atoms. The maximum Gasteiger partial charge on any atom is 0.341 e. The Labute approximate surface area is 159 Å². The van der Waals surface area contributed by atoms with Gasteiger partial charge in [0.25, 0.3) is 0 Å². The van der Waals surface area contributed by atoms with Gasteiger partial charge in [-0.2, -0.15) is 0 Å². The SMILES string of the molecule is Cc1cccc(OCCCCC(=O)Nc2ccc(OCC(=O)O)cc2C)c1. The van der Waals surface area contributed by atoms with Crippen LogP contribution in [-0.4, -0.2) is 30.2 Å². The maximum atomic E-state index is 12.1. The Bertz CT molecular complexity index is 788. The summed E-state index contributed by atoms with van der Waals surface area (Å²) in [4.78, 5) is 22.6. The number of amides is 1. The van der Waals surface area contributed by atoms with Gasteiger partial charge >= 0.3 is 5.97 Å². The monoisotopic (exact) mass is 371 g/mol. The minimum atomic E-state index is -1.03. The highest BCUT2D eigenvalue weighted by Crippen LogP contribution is 2.21. The van der Waals surface area contributed by atoms with Crippen LogP contribution in [0.3, 0.4) is 0 Å². The first-order valence-electron chi connectivity index (χ1n) is 8.88. The second-order valence-electron chi connectivity index (χ2n) is 6.33. The fourth-order valence-corrected chi connectivity index (χ4v) is 2.51. The topological polar surface area (TPSA) is 84.9 Å². The first-order valence-corrected chi connectivity index (χ1v) is 8.88. The summed E-state index contributed by atoms with van der Waals surface area (Å²) in [5.74, 6) is 0.214. The van der Waals surface area contributed by atoms with E-state index in [0.717, 1.165) is 29.7 Å². The number of carboxylic acids is 1. The number of anilines is 1. The van der Waals surface area contributed by atoms with Gasteiger partial charge in [0.2, 0.25) is 5.91 Å². The highest BCUT2D eigenvalue weighted by atomic mass is 16.5. The number of rotatable bonds is 10. The van der Waals surface area contributed by atoms with Crippen molar-refractivity contribution in [1.29, 1.82) is 0 Å². The molecule has 2 rings (SSSR count). The number of carbonyl (C=O) groups excluding carboxylic acids is 1. The second kappa shape index (κ2) is 10.2. The Morgan fingerprint density at radius 2 is 1.78 bits per heavy atom. The third-order valence-corrected chi connectivity index (χ3v) is 3.89. The van der Waals surface area contributed by atoms with Crippen molar-refractivity contribution in [3.05, 3.63) is 53.6 Å². The zero-order valence-corrected chi connectivity index (χ0v) is 15.7. The van der Waals surface area contributed by atoms with Crippen LogP contribution in [0.25, 0.3) is 0 Å². The molecule has 0 radical (unpaired) electrons. The van der Waals surface area contributed by atoms with E-state index in [-0.39, 0.29) is 5.91 Å². The number of benzene rings is 2. The van der Waals surface area contributed by atoms with E-state index in [0.29, 0.717) is 24.5 Å². The Balaban J connectivity index is 1.70. The number of hydrogen-bond acceptors (Lipinski definition) is 4. The first-order chi connectivity index (χ1) is 12.9. The largest absolute Gasteiger partial charge is 0.494 e. The molecule has 2 N–H and O–H groups in total. The molecular weight excluding hydrogens is 346 g/mol. The fraction of sp³-hybridized carbons (Fsp3) is 0.333. The fourth-order valence-electron chi connectivity index (χ4n) is 2.51. The number of aliphatic carboxylic acids is 1. The van der Waals surface area contributed by atoms with E-state index in [1.807, 2.05) is 38.1 Å². The Morgan fingerprint density at radius 1 is 1.00 bits per heavy atom. The molecule has 0 aromatic heterocycles. The van der Waals surface area contributed by atoms with E-state index in [1.165, 1.54) is 0 Å². The predicted octanol–water partition coefficient (Wildman–Crippen LogP) is 3.95. The first kappa shape index (κ1) is 20.3. The normalized spacial score (nSPS) is 10.3. The molecule has 6 nitrogen and oxygen atoms in total. The molecule has 6 heteroatoms. The molecule has 0 saturated heterocycles. The van der Waals surface area contributed by atoms with Gasteiger partial charge in [-0.15, -0.1) is 0 Å². The molecule has 2 aromatic carbocycles. The van der Waals surface area contributed by atoms with Gasteiger partial charge in [0, 0.05) is 12.1 Å². The van der Waals surface area contributed by atoms with Crippen LogP contribution < -0.4 is 14.8 Å². The van der Waals surface area contributed by atoms with Crippen LogP contribution in [0.15, 0.2) is 42.5 Å². The standard InChI is InChI=1S/C21H25NO5/c1-15-6-5-7-17(12-15)26-11-4-3-8-20(23)22-19-10-9-18(13-16(19)2)27-14-21(24)25/h5-7,9-10,12-13H,3-4,8,11,14H2,1-2H3,(H,22,23)(H,24,25). The Hall–Kier alpha value is -3.02. The van der Waals surface area contributed by atoms with Crippen LogP contribution in [0.1, 0.15) is 30.4 Å². The number of unbranched alkanes of at least 4 members (excludes halogenated alkanes) is 1.